The Kier molecular flexibility index (Phi) is 4.25. The van der Waals surface area contributed by atoms with Gasteiger partial charge in [-0.1, -0.05) is 28.1 Å². The van der Waals surface area contributed by atoms with Gasteiger partial charge in [0.25, 0.3) is 0 Å². The molecule has 1 fully saturated rings. The average molecular weight is 360 g/mol. The van der Waals surface area contributed by atoms with Crippen LogP contribution >= 0.6 is 15.9 Å². The normalized spacial score (nSPS) is 21.6. The van der Waals surface area contributed by atoms with E-state index in [0.29, 0.717) is 6.42 Å². The summed E-state index contributed by atoms with van der Waals surface area (Å²) in [4.78, 5) is 12.4. The van der Waals surface area contributed by atoms with Crippen LogP contribution in [0.2, 0.25) is 0 Å². The first-order valence-corrected chi connectivity index (χ1v) is 9.09. The Morgan fingerprint density at radius 1 is 1.30 bits per heavy atom. The molecule has 0 bridgehead atoms. The van der Waals surface area contributed by atoms with Gasteiger partial charge >= 0.3 is 0 Å². The molecule has 1 amide bonds. The van der Waals surface area contributed by atoms with Crippen LogP contribution in [0.5, 0.6) is 0 Å². The van der Waals surface area contributed by atoms with Crippen LogP contribution in [-0.2, 0) is 20.0 Å². The third kappa shape index (κ3) is 3.41. The molecule has 1 aromatic rings. The van der Waals surface area contributed by atoms with Crippen LogP contribution in [0.25, 0.3) is 0 Å². The number of hydrogen-bond acceptors (Lipinski definition) is 3. The molecule has 110 valence electrons. The summed E-state index contributed by atoms with van der Waals surface area (Å²) in [5.74, 6) is 0.0770. The van der Waals surface area contributed by atoms with Crippen molar-refractivity contribution in [3.05, 3.63) is 34.3 Å². The minimum absolute atomic E-state index is 0.0508. The SMILES string of the molecule is CC(C)(C(=O)NC1CCS(=O)(=O)C1)c1ccc(Br)cc1. The molecular weight excluding hydrogens is 342 g/mol. The van der Waals surface area contributed by atoms with E-state index in [1.54, 1.807) is 0 Å². The molecule has 0 aromatic heterocycles. The van der Waals surface area contributed by atoms with Crippen molar-refractivity contribution in [1.82, 2.24) is 5.32 Å². The van der Waals surface area contributed by atoms with E-state index < -0.39 is 15.3 Å². The molecule has 1 aliphatic rings. The van der Waals surface area contributed by atoms with Crippen molar-refractivity contribution in [1.29, 1.82) is 0 Å². The maximum absolute atomic E-state index is 12.4. The summed E-state index contributed by atoms with van der Waals surface area (Å²) in [6.45, 7) is 3.68. The number of carbonyl (C=O) groups is 1. The van der Waals surface area contributed by atoms with Crippen LogP contribution in [0.1, 0.15) is 25.8 Å². The number of halogens is 1. The minimum atomic E-state index is -2.98. The molecule has 1 unspecified atom stereocenters. The summed E-state index contributed by atoms with van der Waals surface area (Å²) < 4.78 is 23.8. The van der Waals surface area contributed by atoms with Crippen molar-refractivity contribution < 1.29 is 13.2 Å². The third-order valence-electron chi connectivity index (χ3n) is 3.70. The van der Waals surface area contributed by atoms with Gasteiger partial charge in [-0.15, -0.1) is 0 Å². The van der Waals surface area contributed by atoms with Gasteiger partial charge in [0.05, 0.1) is 16.9 Å². The Hall–Kier alpha value is -0.880. The van der Waals surface area contributed by atoms with Crippen molar-refractivity contribution >= 4 is 31.7 Å². The standard InChI is InChI=1S/C14H18BrNO3S/c1-14(2,10-3-5-11(15)6-4-10)13(17)16-12-7-8-20(18,19)9-12/h3-6,12H,7-9H2,1-2H3,(H,16,17). The van der Waals surface area contributed by atoms with E-state index in [4.69, 9.17) is 0 Å². The van der Waals surface area contributed by atoms with Gasteiger partial charge in [0.15, 0.2) is 9.84 Å². The smallest absolute Gasteiger partial charge is 0.230 e. The van der Waals surface area contributed by atoms with E-state index in [0.717, 1.165) is 10.0 Å². The predicted molar refractivity (Wildman–Crippen MR) is 82.4 cm³/mol. The lowest BCUT2D eigenvalue weighted by molar-refractivity contribution is -0.126. The molecule has 6 heteroatoms. The second-order valence-corrected chi connectivity index (χ2v) is 8.85. The number of nitrogens with one attached hydrogen (secondary N) is 1. The molecule has 0 saturated carbocycles. The summed E-state index contributed by atoms with van der Waals surface area (Å²) in [6, 6.07) is 7.32. The molecule has 20 heavy (non-hydrogen) atoms. The molecule has 2 rings (SSSR count). The van der Waals surface area contributed by atoms with E-state index in [1.165, 1.54) is 0 Å². The molecule has 1 atom stereocenters. The van der Waals surface area contributed by atoms with E-state index >= 15 is 0 Å². The van der Waals surface area contributed by atoms with E-state index in [-0.39, 0.29) is 23.5 Å². The first-order valence-electron chi connectivity index (χ1n) is 6.48. The van der Waals surface area contributed by atoms with Crippen LogP contribution in [0.4, 0.5) is 0 Å². The van der Waals surface area contributed by atoms with Gasteiger partial charge < -0.3 is 5.32 Å². The van der Waals surface area contributed by atoms with E-state index in [1.807, 2.05) is 38.1 Å². The fourth-order valence-corrected chi connectivity index (χ4v) is 4.21. The molecule has 0 radical (unpaired) electrons. The lowest BCUT2D eigenvalue weighted by Crippen LogP contribution is -2.45. The second-order valence-electron chi connectivity index (χ2n) is 5.71. The van der Waals surface area contributed by atoms with E-state index in [2.05, 4.69) is 21.2 Å². The molecule has 1 aromatic carbocycles. The third-order valence-corrected chi connectivity index (χ3v) is 6.00. The largest absolute Gasteiger partial charge is 0.352 e. The maximum atomic E-state index is 12.4. The molecule has 0 aliphatic carbocycles. The Morgan fingerprint density at radius 3 is 2.40 bits per heavy atom. The number of rotatable bonds is 3. The predicted octanol–water partition coefficient (Wildman–Crippen LogP) is 2.03. The zero-order valence-corrected chi connectivity index (χ0v) is 13.9. The molecule has 1 N–H and O–H groups in total. The Labute approximate surface area is 128 Å². The Morgan fingerprint density at radius 2 is 1.90 bits per heavy atom. The number of amides is 1. The summed E-state index contributed by atoms with van der Waals surface area (Å²) >= 11 is 3.37. The van der Waals surface area contributed by atoms with Crippen LogP contribution in [-0.4, -0.2) is 31.9 Å². The number of benzene rings is 1. The average Bonchev–Trinajstić information content (AvgIpc) is 2.69. The molecule has 4 nitrogen and oxygen atoms in total. The van der Waals surface area contributed by atoms with Crippen LogP contribution in [0.15, 0.2) is 28.7 Å². The topological polar surface area (TPSA) is 63.2 Å². The number of carbonyl (C=O) groups excluding carboxylic acids is 1. The van der Waals surface area contributed by atoms with Crippen molar-refractivity contribution in [3.8, 4) is 0 Å². The van der Waals surface area contributed by atoms with Crippen molar-refractivity contribution in [3.63, 3.8) is 0 Å². The molecular formula is C14H18BrNO3S. The van der Waals surface area contributed by atoms with Crippen LogP contribution in [0, 0.1) is 0 Å². The molecule has 1 heterocycles. The highest BCUT2D eigenvalue weighted by atomic mass is 79.9. The summed E-state index contributed by atoms with van der Waals surface area (Å²) in [6.07, 6.45) is 0.504. The lowest BCUT2D eigenvalue weighted by Gasteiger charge is -2.26. The molecule has 1 aliphatic heterocycles. The van der Waals surface area contributed by atoms with Crippen molar-refractivity contribution in [2.45, 2.75) is 31.7 Å². The van der Waals surface area contributed by atoms with Gasteiger partial charge in [0.2, 0.25) is 5.91 Å². The molecule has 1 saturated heterocycles. The number of sulfone groups is 1. The highest BCUT2D eigenvalue weighted by Crippen LogP contribution is 2.25. The van der Waals surface area contributed by atoms with Gasteiger partial charge in [-0.2, -0.15) is 0 Å². The zero-order valence-electron chi connectivity index (χ0n) is 11.5. The fraction of sp³-hybridized carbons (Fsp3) is 0.500. The maximum Gasteiger partial charge on any atom is 0.230 e. The van der Waals surface area contributed by atoms with Crippen molar-refractivity contribution in [2.24, 2.45) is 0 Å². The Bertz CT molecular complexity index is 608. The minimum Gasteiger partial charge on any atom is -0.352 e. The van der Waals surface area contributed by atoms with Gasteiger partial charge in [-0.25, -0.2) is 8.42 Å². The first-order chi connectivity index (χ1) is 9.21. The monoisotopic (exact) mass is 359 g/mol. The zero-order chi connectivity index (χ0) is 15.0. The van der Waals surface area contributed by atoms with Gasteiger partial charge in [0, 0.05) is 10.5 Å². The lowest BCUT2D eigenvalue weighted by atomic mass is 9.83. The highest BCUT2D eigenvalue weighted by molar-refractivity contribution is 9.10. The van der Waals surface area contributed by atoms with Crippen LogP contribution in [0.3, 0.4) is 0 Å². The quantitative estimate of drug-likeness (QED) is 0.897. The Balaban J connectivity index is 2.09. The fourth-order valence-electron chi connectivity index (χ4n) is 2.27. The first kappa shape index (κ1) is 15.5. The van der Waals surface area contributed by atoms with Crippen molar-refractivity contribution in [2.75, 3.05) is 11.5 Å². The number of hydrogen-bond donors (Lipinski definition) is 1. The second kappa shape index (κ2) is 5.48. The summed E-state index contributed by atoms with van der Waals surface area (Å²) in [5, 5.41) is 2.86. The summed E-state index contributed by atoms with van der Waals surface area (Å²) in [5.41, 5.74) is 0.214. The van der Waals surface area contributed by atoms with E-state index in [9.17, 15) is 13.2 Å². The van der Waals surface area contributed by atoms with Crippen LogP contribution < -0.4 is 5.32 Å². The van der Waals surface area contributed by atoms with Gasteiger partial charge in [-0.3, -0.25) is 4.79 Å². The van der Waals surface area contributed by atoms with Gasteiger partial charge in [0.1, 0.15) is 0 Å². The summed E-state index contributed by atoms with van der Waals surface area (Å²) in [7, 11) is -2.98. The highest BCUT2D eigenvalue weighted by Gasteiger charge is 2.35. The molecule has 0 spiro atoms. The van der Waals surface area contributed by atoms with Gasteiger partial charge in [-0.05, 0) is 38.0 Å².